The van der Waals surface area contributed by atoms with Crippen LogP contribution in [0.5, 0.6) is 0 Å². The van der Waals surface area contributed by atoms with Crippen LogP contribution in [0.1, 0.15) is 51.9 Å². The molecule has 1 aliphatic rings. The SMILES string of the molecule is CCCN(CCOC(F)(F)F)C1(CN)CCCCCC1. The maximum Gasteiger partial charge on any atom is 0.522 e. The predicted molar refractivity (Wildman–Crippen MR) is 73.4 cm³/mol. The average Bonchev–Trinajstić information content (AvgIpc) is 2.62. The minimum absolute atomic E-state index is 0.137. The number of alkyl halides is 3. The fraction of sp³-hybridized carbons (Fsp3) is 1.00. The Bertz CT molecular complexity index is 264. The molecule has 0 heterocycles. The van der Waals surface area contributed by atoms with Crippen LogP contribution in [0.25, 0.3) is 0 Å². The standard InChI is InChI=1S/C14H27F3N2O/c1-2-9-19(10-11-20-14(15,16)17)13(12-18)7-5-3-4-6-8-13/h2-12,18H2,1H3. The van der Waals surface area contributed by atoms with Gasteiger partial charge in [-0.3, -0.25) is 9.64 Å². The van der Waals surface area contributed by atoms with Gasteiger partial charge in [0.2, 0.25) is 0 Å². The summed E-state index contributed by atoms with van der Waals surface area (Å²) in [6.45, 7) is 3.31. The van der Waals surface area contributed by atoms with Crippen LogP contribution in [0, 0.1) is 0 Å². The summed E-state index contributed by atoms with van der Waals surface area (Å²) in [4.78, 5) is 2.13. The minimum Gasteiger partial charge on any atom is -0.329 e. The maximum atomic E-state index is 12.1. The van der Waals surface area contributed by atoms with Gasteiger partial charge in [-0.1, -0.05) is 32.6 Å². The largest absolute Gasteiger partial charge is 0.522 e. The molecule has 120 valence electrons. The van der Waals surface area contributed by atoms with Gasteiger partial charge in [0.1, 0.15) is 0 Å². The number of halogens is 3. The molecule has 20 heavy (non-hydrogen) atoms. The van der Waals surface area contributed by atoms with Gasteiger partial charge in [0, 0.05) is 18.6 Å². The number of rotatable bonds is 7. The Morgan fingerprint density at radius 1 is 1.10 bits per heavy atom. The van der Waals surface area contributed by atoms with Crippen LogP contribution in [0.2, 0.25) is 0 Å². The number of hydrogen-bond acceptors (Lipinski definition) is 3. The van der Waals surface area contributed by atoms with Crippen LogP contribution in [-0.4, -0.2) is 43.0 Å². The van der Waals surface area contributed by atoms with Crippen molar-refractivity contribution in [3.63, 3.8) is 0 Å². The summed E-state index contributed by atoms with van der Waals surface area (Å²) in [6.07, 6.45) is 2.94. The maximum absolute atomic E-state index is 12.1. The smallest absolute Gasteiger partial charge is 0.329 e. The number of nitrogens with zero attached hydrogens (tertiary/aromatic N) is 1. The Hall–Kier alpha value is -0.330. The van der Waals surface area contributed by atoms with E-state index in [1.165, 1.54) is 12.8 Å². The molecule has 2 N–H and O–H groups in total. The molecule has 0 amide bonds. The summed E-state index contributed by atoms with van der Waals surface area (Å²) in [5.41, 5.74) is 5.85. The van der Waals surface area contributed by atoms with Gasteiger partial charge < -0.3 is 5.73 Å². The summed E-state index contributed by atoms with van der Waals surface area (Å²) >= 11 is 0. The van der Waals surface area contributed by atoms with Crippen LogP contribution in [0.3, 0.4) is 0 Å². The van der Waals surface area contributed by atoms with Gasteiger partial charge in [0.15, 0.2) is 0 Å². The number of ether oxygens (including phenoxy) is 1. The lowest BCUT2D eigenvalue weighted by atomic mass is 9.88. The zero-order valence-corrected chi connectivity index (χ0v) is 12.3. The molecule has 0 atom stereocenters. The zero-order valence-electron chi connectivity index (χ0n) is 12.3. The molecule has 0 bridgehead atoms. The lowest BCUT2D eigenvalue weighted by Crippen LogP contribution is -2.55. The first-order valence-corrected chi connectivity index (χ1v) is 7.59. The Morgan fingerprint density at radius 3 is 2.15 bits per heavy atom. The summed E-state index contributed by atoms with van der Waals surface area (Å²) in [5, 5.41) is 0. The molecule has 0 radical (unpaired) electrons. The van der Waals surface area contributed by atoms with Crippen molar-refractivity contribution in [2.45, 2.75) is 63.8 Å². The Labute approximate surface area is 119 Å². The lowest BCUT2D eigenvalue weighted by Gasteiger charge is -2.43. The molecule has 0 aliphatic heterocycles. The monoisotopic (exact) mass is 296 g/mol. The van der Waals surface area contributed by atoms with Crippen molar-refractivity contribution < 1.29 is 17.9 Å². The quantitative estimate of drug-likeness (QED) is 0.733. The molecule has 1 rings (SSSR count). The van der Waals surface area contributed by atoms with Crippen molar-refractivity contribution in [1.82, 2.24) is 4.90 Å². The minimum atomic E-state index is -4.54. The summed E-state index contributed by atoms with van der Waals surface area (Å²) in [7, 11) is 0. The molecular weight excluding hydrogens is 269 g/mol. The van der Waals surface area contributed by atoms with Gasteiger partial charge in [-0.15, -0.1) is 13.2 Å². The van der Waals surface area contributed by atoms with E-state index in [9.17, 15) is 13.2 Å². The molecule has 0 spiro atoms. The topological polar surface area (TPSA) is 38.5 Å². The van der Waals surface area contributed by atoms with Gasteiger partial charge in [-0.25, -0.2) is 0 Å². The first-order valence-electron chi connectivity index (χ1n) is 7.59. The van der Waals surface area contributed by atoms with E-state index in [1.807, 2.05) is 6.92 Å². The molecule has 1 saturated carbocycles. The van der Waals surface area contributed by atoms with Crippen LogP contribution < -0.4 is 5.73 Å². The van der Waals surface area contributed by atoms with E-state index in [-0.39, 0.29) is 12.1 Å². The second-order valence-electron chi connectivity index (χ2n) is 5.62. The second-order valence-corrected chi connectivity index (χ2v) is 5.62. The number of hydrogen-bond donors (Lipinski definition) is 1. The van der Waals surface area contributed by atoms with E-state index in [0.29, 0.717) is 13.1 Å². The number of nitrogens with two attached hydrogens (primary N) is 1. The van der Waals surface area contributed by atoms with Gasteiger partial charge in [0.25, 0.3) is 0 Å². The summed E-state index contributed by atoms with van der Waals surface area (Å²) < 4.78 is 40.3. The third kappa shape index (κ3) is 5.58. The van der Waals surface area contributed by atoms with E-state index in [0.717, 1.165) is 38.6 Å². The second kappa shape index (κ2) is 8.20. The van der Waals surface area contributed by atoms with Crippen molar-refractivity contribution in [3.05, 3.63) is 0 Å². The molecule has 0 aromatic rings. The molecule has 0 unspecified atom stereocenters. The summed E-state index contributed by atoms with van der Waals surface area (Å²) in [6, 6.07) is 0. The van der Waals surface area contributed by atoms with E-state index in [1.54, 1.807) is 0 Å². The third-order valence-corrected chi connectivity index (χ3v) is 4.21. The van der Waals surface area contributed by atoms with Gasteiger partial charge in [0.05, 0.1) is 6.61 Å². The molecule has 0 saturated heterocycles. The Kier molecular flexibility index (Phi) is 7.26. The molecule has 3 nitrogen and oxygen atoms in total. The first kappa shape index (κ1) is 17.7. The molecule has 1 fully saturated rings. The summed E-state index contributed by atoms with van der Waals surface area (Å²) in [5.74, 6) is 0. The highest BCUT2D eigenvalue weighted by atomic mass is 19.4. The molecule has 0 aromatic carbocycles. The van der Waals surface area contributed by atoms with Crippen molar-refractivity contribution in [2.75, 3.05) is 26.2 Å². The fourth-order valence-corrected chi connectivity index (χ4v) is 3.16. The van der Waals surface area contributed by atoms with Crippen molar-refractivity contribution in [2.24, 2.45) is 5.73 Å². The zero-order chi connectivity index (χ0) is 15.1. The van der Waals surface area contributed by atoms with Crippen molar-refractivity contribution >= 4 is 0 Å². The highest BCUT2D eigenvalue weighted by Crippen LogP contribution is 2.32. The lowest BCUT2D eigenvalue weighted by molar-refractivity contribution is -0.325. The van der Waals surface area contributed by atoms with Crippen LogP contribution in [0.4, 0.5) is 13.2 Å². The van der Waals surface area contributed by atoms with E-state index in [2.05, 4.69) is 9.64 Å². The molecular formula is C14H27F3N2O. The average molecular weight is 296 g/mol. The van der Waals surface area contributed by atoms with E-state index in [4.69, 9.17) is 5.73 Å². The predicted octanol–water partition coefficient (Wildman–Crippen LogP) is 3.29. The van der Waals surface area contributed by atoms with Crippen LogP contribution >= 0.6 is 0 Å². The Balaban J connectivity index is 2.64. The van der Waals surface area contributed by atoms with Crippen LogP contribution in [0.15, 0.2) is 0 Å². The van der Waals surface area contributed by atoms with Gasteiger partial charge in [-0.05, 0) is 25.8 Å². The van der Waals surface area contributed by atoms with Crippen LogP contribution in [-0.2, 0) is 4.74 Å². The van der Waals surface area contributed by atoms with E-state index >= 15 is 0 Å². The third-order valence-electron chi connectivity index (χ3n) is 4.21. The van der Waals surface area contributed by atoms with E-state index < -0.39 is 6.36 Å². The fourth-order valence-electron chi connectivity index (χ4n) is 3.16. The molecule has 0 aromatic heterocycles. The van der Waals surface area contributed by atoms with Gasteiger partial charge >= 0.3 is 6.36 Å². The Morgan fingerprint density at radius 2 is 1.70 bits per heavy atom. The van der Waals surface area contributed by atoms with Crippen molar-refractivity contribution in [1.29, 1.82) is 0 Å². The first-order chi connectivity index (χ1) is 9.43. The van der Waals surface area contributed by atoms with Crippen molar-refractivity contribution in [3.8, 4) is 0 Å². The molecule has 6 heteroatoms. The highest BCUT2D eigenvalue weighted by molar-refractivity contribution is 4.93. The van der Waals surface area contributed by atoms with Gasteiger partial charge in [-0.2, -0.15) is 0 Å². The highest BCUT2D eigenvalue weighted by Gasteiger charge is 2.36. The normalized spacial score (nSPS) is 20.1. The molecule has 1 aliphatic carbocycles.